The summed E-state index contributed by atoms with van der Waals surface area (Å²) < 4.78 is 39.4. The Morgan fingerprint density at radius 3 is 2.61 bits per heavy atom. The van der Waals surface area contributed by atoms with Crippen molar-refractivity contribution in [3.8, 4) is 0 Å². The molecule has 18 heavy (non-hydrogen) atoms. The van der Waals surface area contributed by atoms with E-state index in [4.69, 9.17) is 5.73 Å². The highest BCUT2D eigenvalue weighted by Gasteiger charge is 2.15. The molecule has 102 valence electrons. The van der Waals surface area contributed by atoms with Crippen molar-refractivity contribution >= 4 is 15.7 Å². The predicted octanol–water partition coefficient (Wildman–Crippen LogP) is 2.07. The number of hydrogen-bond acceptors (Lipinski definition) is 3. The first-order valence-corrected chi connectivity index (χ1v) is 7.49. The maximum atomic E-state index is 13.4. The summed E-state index contributed by atoms with van der Waals surface area (Å²) in [5.74, 6) is -0.185. The van der Waals surface area contributed by atoms with E-state index in [0.717, 1.165) is 0 Å². The van der Waals surface area contributed by atoms with Gasteiger partial charge in [-0.2, -0.15) is 0 Å². The first-order chi connectivity index (χ1) is 8.35. The second-order valence-electron chi connectivity index (χ2n) is 4.57. The van der Waals surface area contributed by atoms with Crippen LogP contribution in [0.25, 0.3) is 0 Å². The van der Waals surface area contributed by atoms with Gasteiger partial charge in [-0.15, -0.1) is 0 Å². The van der Waals surface area contributed by atoms with Crippen LogP contribution < -0.4 is 10.5 Å². The minimum atomic E-state index is -3.45. The molecular formula is C12H19FN2O2S. The minimum absolute atomic E-state index is 0.0190. The van der Waals surface area contributed by atoms with Crippen LogP contribution in [0.5, 0.6) is 0 Å². The van der Waals surface area contributed by atoms with Gasteiger partial charge in [-0.1, -0.05) is 19.9 Å². The molecule has 0 fully saturated rings. The second kappa shape index (κ2) is 6.15. The van der Waals surface area contributed by atoms with E-state index in [1.165, 1.54) is 18.2 Å². The van der Waals surface area contributed by atoms with E-state index < -0.39 is 15.8 Å². The van der Waals surface area contributed by atoms with Crippen molar-refractivity contribution in [2.75, 3.05) is 10.5 Å². The Bertz CT molecular complexity index is 501. The summed E-state index contributed by atoms with van der Waals surface area (Å²) in [6.07, 6.45) is 0.558. The minimum Gasteiger partial charge on any atom is -0.326 e. The molecule has 0 spiro atoms. The van der Waals surface area contributed by atoms with Crippen LogP contribution in [0.2, 0.25) is 0 Å². The molecule has 4 nitrogen and oxygen atoms in total. The molecule has 0 bridgehead atoms. The Balaban J connectivity index is 2.87. The summed E-state index contributed by atoms with van der Waals surface area (Å²) in [6, 6.07) is 4.22. The van der Waals surface area contributed by atoms with Gasteiger partial charge in [0.05, 0.1) is 11.4 Å². The van der Waals surface area contributed by atoms with Crippen LogP contribution in [0, 0.1) is 11.7 Å². The summed E-state index contributed by atoms with van der Waals surface area (Å²) in [5, 5.41) is 0. The fraction of sp³-hybridized carbons (Fsp3) is 0.500. The van der Waals surface area contributed by atoms with E-state index in [9.17, 15) is 12.8 Å². The number of rotatable bonds is 6. The van der Waals surface area contributed by atoms with E-state index in [0.29, 0.717) is 12.3 Å². The third-order valence-corrected chi connectivity index (χ3v) is 3.86. The maximum absolute atomic E-state index is 13.4. The standard InChI is InChI=1S/C12H19FN2O2S/c1-9(2)6-7-18(16,17)15-12-5-3-4-11(13)10(12)8-14/h3-5,9,15H,6-8,14H2,1-2H3. The van der Waals surface area contributed by atoms with Gasteiger partial charge in [0.25, 0.3) is 0 Å². The average molecular weight is 274 g/mol. The Labute approximate surface area is 107 Å². The molecule has 1 aromatic carbocycles. The van der Waals surface area contributed by atoms with Crippen molar-refractivity contribution in [2.24, 2.45) is 11.7 Å². The van der Waals surface area contributed by atoms with Crippen molar-refractivity contribution < 1.29 is 12.8 Å². The molecule has 0 saturated carbocycles. The highest BCUT2D eigenvalue weighted by Crippen LogP contribution is 2.20. The molecule has 0 heterocycles. The summed E-state index contributed by atoms with van der Waals surface area (Å²) in [6.45, 7) is 3.85. The number of nitrogens with one attached hydrogen (secondary N) is 1. The van der Waals surface area contributed by atoms with E-state index in [-0.39, 0.29) is 23.5 Å². The fourth-order valence-electron chi connectivity index (χ4n) is 1.47. The SMILES string of the molecule is CC(C)CCS(=O)(=O)Nc1cccc(F)c1CN. The number of benzene rings is 1. The van der Waals surface area contributed by atoms with E-state index in [2.05, 4.69) is 4.72 Å². The number of hydrogen-bond donors (Lipinski definition) is 2. The lowest BCUT2D eigenvalue weighted by atomic mass is 10.2. The van der Waals surface area contributed by atoms with Crippen LogP contribution in [0.4, 0.5) is 10.1 Å². The van der Waals surface area contributed by atoms with Crippen molar-refractivity contribution in [1.29, 1.82) is 0 Å². The fourth-order valence-corrected chi connectivity index (χ4v) is 2.88. The van der Waals surface area contributed by atoms with Gasteiger partial charge in [-0.3, -0.25) is 4.72 Å². The van der Waals surface area contributed by atoms with Gasteiger partial charge in [0, 0.05) is 12.1 Å². The Morgan fingerprint density at radius 1 is 1.39 bits per heavy atom. The molecule has 0 radical (unpaired) electrons. The van der Waals surface area contributed by atoms with E-state index in [1.807, 2.05) is 13.8 Å². The molecule has 6 heteroatoms. The number of nitrogens with two attached hydrogens (primary N) is 1. The van der Waals surface area contributed by atoms with Crippen molar-refractivity contribution in [2.45, 2.75) is 26.8 Å². The van der Waals surface area contributed by atoms with Gasteiger partial charge in [0.2, 0.25) is 10.0 Å². The highest BCUT2D eigenvalue weighted by atomic mass is 32.2. The molecule has 0 unspecified atom stereocenters. The lowest BCUT2D eigenvalue weighted by Crippen LogP contribution is -2.19. The molecule has 3 N–H and O–H groups in total. The predicted molar refractivity (Wildman–Crippen MR) is 71.2 cm³/mol. The second-order valence-corrected chi connectivity index (χ2v) is 6.42. The lowest BCUT2D eigenvalue weighted by molar-refractivity contribution is 0.577. The van der Waals surface area contributed by atoms with E-state index >= 15 is 0 Å². The van der Waals surface area contributed by atoms with Gasteiger partial charge in [0.1, 0.15) is 5.82 Å². The average Bonchev–Trinajstić information content (AvgIpc) is 2.26. The molecule has 1 aromatic rings. The van der Waals surface area contributed by atoms with Gasteiger partial charge < -0.3 is 5.73 Å². The van der Waals surface area contributed by atoms with Crippen LogP contribution in [0.15, 0.2) is 18.2 Å². The summed E-state index contributed by atoms with van der Waals surface area (Å²) in [7, 11) is -3.45. The number of sulfonamides is 1. The quantitative estimate of drug-likeness (QED) is 0.834. The Morgan fingerprint density at radius 2 is 2.06 bits per heavy atom. The zero-order valence-corrected chi connectivity index (χ0v) is 11.4. The van der Waals surface area contributed by atoms with Gasteiger partial charge in [-0.25, -0.2) is 12.8 Å². The molecule has 0 aromatic heterocycles. The molecular weight excluding hydrogens is 255 g/mol. The van der Waals surface area contributed by atoms with Crippen LogP contribution in [0.1, 0.15) is 25.8 Å². The Kier molecular flexibility index (Phi) is 5.10. The zero-order chi connectivity index (χ0) is 13.8. The van der Waals surface area contributed by atoms with Crippen LogP contribution >= 0.6 is 0 Å². The summed E-state index contributed by atoms with van der Waals surface area (Å²) >= 11 is 0. The van der Waals surface area contributed by atoms with Crippen LogP contribution in [-0.4, -0.2) is 14.2 Å². The zero-order valence-electron chi connectivity index (χ0n) is 10.6. The van der Waals surface area contributed by atoms with Gasteiger partial charge >= 0.3 is 0 Å². The number of anilines is 1. The molecule has 1 rings (SSSR count). The van der Waals surface area contributed by atoms with Crippen molar-refractivity contribution in [3.05, 3.63) is 29.6 Å². The molecule has 0 atom stereocenters. The van der Waals surface area contributed by atoms with Crippen LogP contribution in [0.3, 0.4) is 0 Å². The molecule has 0 saturated heterocycles. The van der Waals surface area contributed by atoms with Crippen molar-refractivity contribution in [1.82, 2.24) is 0 Å². The summed E-state index contributed by atoms with van der Waals surface area (Å²) in [5.41, 5.74) is 5.83. The molecule has 0 aliphatic heterocycles. The monoisotopic (exact) mass is 274 g/mol. The first-order valence-electron chi connectivity index (χ1n) is 5.83. The number of halogens is 1. The normalized spacial score (nSPS) is 11.8. The Hall–Kier alpha value is -1.14. The largest absolute Gasteiger partial charge is 0.326 e. The smallest absolute Gasteiger partial charge is 0.232 e. The summed E-state index contributed by atoms with van der Waals surface area (Å²) in [4.78, 5) is 0. The van der Waals surface area contributed by atoms with Gasteiger partial charge in [0.15, 0.2) is 0 Å². The van der Waals surface area contributed by atoms with E-state index in [1.54, 1.807) is 0 Å². The molecule has 0 aliphatic rings. The van der Waals surface area contributed by atoms with Crippen LogP contribution in [-0.2, 0) is 16.6 Å². The van der Waals surface area contributed by atoms with Gasteiger partial charge in [-0.05, 0) is 24.5 Å². The topological polar surface area (TPSA) is 72.2 Å². The maximum Gasteiger partial charge on any atom is 0.232 e. The highest BCUT2D eigenvalue weighted by molar-refractivity contribution is 7.92. The first kappa shape index (κ1) is 14.9. The molecule has 0 aliphatic carbocycles. The lowest BCUT2D eigenvalue weighted by Gasteiger charge is -2.12. The third-order valence-electron chi connectivity index (χ3n) is 2.55. The van der Waals surface area contributed by atoms with Crippen molar-refractivity contribution in [3.63, 3.8) is 0 Å². The third kappa shape index (κ3) is 4.27. The molecule has 0 amide bonds.